The molecule has 0 spiro atoms. The zero-order valence-corrected chi connectivity index (χ0v) is 14.2. The molecule has 1 unspecified atom stereocenters. The molecule has 0 saturated carbocycles. The van der Waals surface area contributed by atoms with Gasteiger partial charge in [0.1, 0.15) is 5.78 Å². The van der Waals surface area contributed by atoms with Crippen LogP contribution in [0.3, 0.4) is 0 Å². The summed E-state index contributed by atoms with van der Waals surface area (Å²) >= 11 is 0. The van der Waals surface area contributed by atoms with Gasteiger partial charge in [-0.2, -0.15) is 0 Å². The number of hydrogen-bond donors (Lipinski definition) is 1. The number of aliphatic hydroxyl groups excluding tert-OH is 1. The van der Waals surface area contributed by atoms with Gasteiger partial charge >= 0.3 is 0 Å². The van der Waals surface area contributed by atoms with Gasteiger partial charge in [0, 0.05) is 12.8 Å². The van der Waals surface area contributed by atoms with E-state index < -0.39 is 0 Å². The fourth-order valence-corrected chi connectivity index (χ4v) is 3.64. The average molecular weight is 322 g/mol. The number of ketones is 1. The van der Waals surface area contributed by atoms with Gasteiger partial charge in [-0.3, -0.25) is 4.79 Å². The van der Waals surface area contributed by atoms with Gasteiger partial charge in [-0.25, -0.2) is 0 Å². The average Bonchev–Trinajstić information content (AvgIpc) is 2.89. The Morgan fingerprint density at radius 2 is 1.33 bits per heavy atom. The highest BCUT2D eigenvalue weighted by molar-refractivity contribution is 5.81. The van der Waals surface area contributed by atoms with Crippen molar-refractivity contribution in [2.75, 3.05) is 0 Å². The van der Waals surface area contributed by atoms with Crippen molar-refractivity contribution in [1.29, 1.82) is 0 Å². The Kier molecular flexibility index (Phi) is 5.81. The van der Waals surface area contributed by atoms with Crippen molar-refractivity contribution < 1.29 is 9.90 Å². The van der Waals surface area contributed by atoms with E-state index in [1.165, 1.54) is 22.3 Å². The lowest BCUT2D eigenvalue weighted by atomic mass is 10.0. The minimum Gasteiger partial charge on any atom is -0.393 e. The quantitative estimate of drug-likeness (QED) is 0.743. The molecule has 1 atom stereocenters. The van der Waals surface area contributed by atoms with E-state index in [1.54, 1.807) is 0 Å². The van der Waals surface area contributed by atoms with Crippen molar-refractivity contribution in [3.05, 3.63) is 70.8 Å². The third-order valence-electron chi connectivity index (χ3n) is 4.97. The maximum Gasteiger partial charge on any atom is 0.137 e. The van der Waals surface area contributed by atoms with Crippen molar-refractivity contribution in [2.45, 2.75) is 57.5 Å². The van der Waals surface area contributed by atoms with Crippen LogP contribution in [0.4, 0.5) is 0 Å². The van der Waals surface area contributed by atoms with Crippen molar-refractivity contribution in [3.8, 4) is 0 Å². The molecule has 1 N–H and O–H groups in total. The maximum absolute atomic E-state index is 11.2. The van der Waals surface area contributed by atoms with Crippen molar-refractivity contribution in [1.82, 2.24) is 0 Å². The van der Waals surface area contributed by atoms with Crippen LogP contribution in [0, 0.1) is 0 Å². The maximum atomic E-state index is 11.2. The molecule has 0 saturated heterocycles. The van der Waals surface area contributed by atoms with Crippen molar-refractivity contribution in [3.63, 3.8) is 0 Å². The van der Waals surface area contributed by atoms with E-state index in [4.69, 9.17) is 0 Å². The summed E-state index contributed by atoms with van der Waals surface area (Å²) in [5, 5.41) is 9.54. The summed E-state index contributed by atoms with van der Waals surface area (Å²) in [6, 6.07) is 16.7. The number of fused-ring (bicyclic) bond motifs is 2. The summed E-state index contributed by atoms with van der Waals surface area (Å²) in [7, 11) is 0. The van der Waals surface area contributed by atoms with Crippen LogP contribution in [0.2, 0.25) is 0 Å². The van der Waals surface area contributed by atoms with Gasteiger partial charge in [0.25, 0.3) is 0 Å². The smallest absolute Gasteiger partial charge is 0.137 e. The van der Waals surface area contributed by atoms with Crippen LogP contribution in [0.1, 0.15) is 47.9 Å². The summed E-state index contributed by atoms with van der Waals surface area (Å²) in [5.41, 5.74) is 5.36. The summed E-state index contributed by atoms with van der Waals surface area (Å²) in [5.74, 6) is 0.389. The highest BCUT2D eigenvalue weighted by Gasteiger charge is 2.13. The number of benzene rings is 2. The van der Waals surface area contributed by atoms with Crippen LogP contribution in [0.5, 0.6) is 0 Å². The molecule has 2 heteroatoms. The molecule has 4 rings (SSSR count). The van der Waals surface area contributed by atoms with E-state index in [0.717, 1.165) is 44.9 Å². The molecular formula is C22H26O2. The van der Waals surface area contributed by atoms with E-state index in [9.17, 15) is 9.90 Å². The largest absolute Gasteiger partial charge is 0.393 e. The Morgan fingerprint density at radius 1 is 0.750 bits per heavy atom. The molecular weight excluding hydrogens is 296 g/mol. The summed E-state index contributed by atoms with van der Waals surface area (Å²) in [6.45, 7) is 0. The molecule has 2 nitrogen and oxygen atoms in total. The van der Waals surface area contributed by atoms with E-state index in [-0.39, 0.29) is 6.10 Å². The Bertz CT molecular complexity index is 690. The fraction of sp³-hybridized carbons (Fsp3) is 0.409. The molecule has 0 radical (unpaired) electrons. The summed E-state index contributed by atoms with van der Waals surface area (Å²) < 4.78 is 0. The molecule has 0 fully saturated rings. The van der Waals surface area contributed by atoms with E-state index in [2.05, 4.69) is 42.5 Å². The SMILES string of the molecule is O=C1CCCc2ccccc2C1.OC1CCCc2ccccc2C1. The lowest BCUT2D eigenvalue weighted by molar-refractivity contribution is -0.118. The van der Waals surface area contributed by atoms with Crippen LogP contribution < -0.4 is 0 Å². The first kappa shape index (κ1) is 16.9. The first-order valence-corrected chi connectivity index (χ1v) is 9.05. The minimum absolute atomic E-state index is 0.117. The second-order valence-electron chi connectivity index (χ2n) is 6.86. The number of aliphatic hydroxyl groups is 1. The highest BCUT2D eigenvalue weighted by Crippen LogP contribution is 2.20. The molecule has 0 heterocycles. The molecule has 0 aliphatic heterocycles. The standard InChI is InChI=1S/C11H14O.C11H12O/c2*12-11-7-3-6-9-4-1-2-5-10(9)8-11/h1-2,4-5,11-12H,3,6-8H2;1-2,4-5H,3,6-8H2. The number of aryl methyl sites for hydroxylation is 2. The molecule has 0 amide bonds. The normalized spacial score (nSPS) is 19.9. The van der Waals surface area contributed by atoms with E-state index in [1.807, 2.05) is 6.07 Å². The van der Waals surface area contributed by atoms with E-state index >= 15 is 0 Å². The third kappa shape index (κ3) is 4.55. The molecule has 2 aliphatic carbocycles. The Hall–Kier alpha value is -1.93. The molecule has 2 aliphatic rings. The second-order valence-corrected chi connectivity index (χ2v) is 6.86. The molecule has 2 aromatic carbocycles. The monoisotopic (exact) mass is 322 g/mol. The summed E-state index contributed by atoms with van der Waals surface area (Å²) in [4.78, 5) is 11.2. The minimum atomic E-state index is -0.117. The molecule has 0 bridgehead atoms. The Labute approximate surface area is 144 Å². The molecule has 126 valence electrons. The van der Waals surface area contributed by atoms with Gasteiger partial charge in [-0.1, -0.05) is 48.5 Å². The van der Waals surface area contributed by atoms with Gasteiger partial charge in [0.05, 0.1) is 6.10 Å². The van der Waals surface area contributed by atoms with Gasteiger partial charge in [-0.05, 0) is 60.8 Å². The van der Waals surface area contributed by atoms with Crippen LogP contribution >= 0.6 is 0 Å². The third-order valence-corrected chi connectivity index (χ3v) is 4.97. The lowest BCUT2D eigenvalue weighted by Crippen LogP contribution is -2.07. The van der Waals surface area contributed by atoms with Crippen molar-refractivity contribution in [2.24, 2.45) is 0 Å². The molecule has 2 aromatic rings. The highest BCUT2D eigenvalue weighted by atomic mass is 16.3. The first-order valence-electron chi connectivity index (χ1n) is 9.05. The zero-order valence-electron chi connectivity index (χ0n) is 14.2. The van der Waals surface area contributed by atoms with Gasteiger partial charge in [0.15, 0.2) is 0 Å². The van der Waals surface area contributed by atoms with Crippen LogP contribution in [0.15, 0.2) is 48.5 Å². The second kappa shape index (κ2) is 8.25. The number of carbonyl (C=O) groups excluding carboxylic acids is 1. The van der Waals surface area contributed by atoms with Gasteiger partial charge in [0.2, 0.25) is 0 Å². The van der Waals surface area contributed by atoms with Gasteiger partial charge < -0.3 is 5.11 Å². The number of hydrogen-bond acceptors (Lipinski definition) is 2. The fourth-order valence-electron chi connectivity index (χ4n) is 3.64. The van der Waals surface area contributed by atoms with E-state index in [0.29, 0.717) is 12.2 Å². The molecule has 24 heavy (non-hydrogen) atoms. The Balaban J connectivity index is 0.000000141. The Morgan fingerprint density at radius 3 is 2.08 bits per heavy atom. The predicted molar refractivity (Wildman–Crippen MR) is 97.2 cm³/mol. The number of rotatable bonds is 0. The molecule has 0 aromatic heterocycles. The van der Waals surface area contributed by atoms with Crippen LogP contribution in [-0.2, 0) is 30.5 Å². The van der Waals surface area contributed by atoms with Crippen LogP contribution in [0.25, 0.3) is 0 Å². The van der Waals surface area contributed by atoms with Crippen molar-refractivity contribution >= 4 is 5.78 Å². The summed E-state index contributed by atoms with van der Waals surface area (Å²) in [6.07, 6.45) is 7.44. The van der Waals surface area contributed by atoms with Gasteiger partial charge in [-0.15, -0.1) is 0 Å². The lowest BCUT2D eigenvalue weighted by Gasteiger charge is -2.06. The number of carbonyl (C=O) groups is 1. The first-order chi connectivity index (χ1) is 11.7. The zero-order chi connectivity index (χ0) is 16.8. The topological polar surface area (TPSA) is 37.3 Å². The van der Waals surface area contributed by atoms with Crippen LogP contribution in [-0.4, -0.2) is 17.0 Å². The predicted octanol–water partition coefficient (Wildman–Crippen LogP) is 4.06. The number of Topliss-reactive ketones (excluding diaryl/α,β-unsaturated/α-hetero) is 1.